The summed E-state index contributed by atoms with van der Waals surface area (Å²) in [6.45, 7) is 6.89. The smallest absolute Gasteiger partial charge is 0.115 e. The molecular formula is C15H21N3O. The predicted molar refractivity (Wildman–Crippen MR) is 76.2 cm³/mol. The summed E-state index contributed by atoms with van der Waals surface area (Å²) in [6.07, 6.45) is 3.07. The molecule has 0 saturated carbocycles. The first-order valence-electron chi connectivity index (χ1n) is 6.70. The number of hydrogen-bond acceptors (Lipinski definition) is 3. The Morgan fingerprint density at radius 1 is 1.26 bits per heavy atom. The minimum atomic E-state index is 0.297. The van der Waals surface area contributed by atoms with Gasteiger partial charge in [-0.15, -0.1) is 0 Å². The van der Waals surface area contributed by atoms with Crippen molar-refractivity contribution in [2.75, 3.05) is 6.54 Å². The Bertz CT molecular complexity index is 517. The Balaban J connectivity index is 2.03. The van der Waals surface area contributed by atoms with Gasteiger partial charge in [-0.3, -0.25) is 4.68 Å². The van der Waals surface area contributed by atoms with Gasteiger partial charge >= 0.3 is 0 Å². The number of benzene rings is 1. The lowest BCUT2D eigenvalue weighted by molar-refractivity contribution is 0.475. The third-order valence-corrected chi connectivity index (χ3v) is 3.22. The maximum absolute atomic E-state index is 9.27. The summed E-state index contributed by atoms with van der Waals surface area (Å²) in [7, 11) is 0. The van der Waals surface area contributed by atoms with Gasteiger partial charge in [0, 0.05) is 17.8 Å². The maximum atomic E-state index is 9.27. The SMILES string of the molecule is CCCNCc1cnn(Cc2ccc(O)cc2)c1C. The van der Waals surface area contributed by atoms with Crippen LogP contribution in [0, 0.1) is 6.92 Å². The Morgan fingerprint density at radius 2 is 2.00 bits per heavy atom. The van der Waals surface area contributed by atoms with Crippen molar-refractivity contribution in [3.05, 3.63) is 47.3 Å². The highest BCUT2D eigenvalue weighted by Crippen LogP contribution is 2.13. The highest BCUT2D eigenvalue weighted by Gasteiger charge is 2.06. The van der Waals surface area contributed by atoms with Gasteiger partial charge in [-0.1, -0.05) is 19.1 Å². The lowest BCUT2D eigenvalue weighted by atomic mass is 10.2. The Hall–Kier alpha value is -1.81. The lowest BCUT2D eigenvalue weighted by Crippen LogP contribution is -2.14. The van der Waals surface area contributed by atoms with Crippen molar-refractivity contribution in [1.29, 1.82) is 0 Å². The van der Waals surface area contributed by atoms with Crippen LogP contribution in [0.5, 0.6) is 5.75 Å². The number of phenolic OH excluding ortho intramolecular Hbond substituents is 1. The van der Waals surface area contributed by atoms with Crippen molar-refractivity contribution >= 4 is 0 Å². The van der Waals surface area contributed by atoms with Gasteiger partial charge in [-0.25, -0.2) is 0 Å². The van der Waals surface area contributed by atoms with E-state index in [1.807, 2.05) is 23.0 Å². The van der Waals surface area contributed by atoms with E-state index in [1.165, 1.54) is 11.3 Å². The highest BCUT2D eigenvalue weighted by atomic mass is 16.3. The van der Waals surface area contributed by atoms with Crippen LogP contribution >= 0.6 is 0 Å². The number of aromatic nitrogens is 2. The summed E-state index contributed by atoms with van der Waals surface area (Å²) in [4.78, 5) is 0. The molecule has 0 spiro atoms. The van der Waals surface area contributed by atoms with Gasteiger partial charge < -0.3 is 10.4 Å². The molecule has 0 aliphatic heterocycles. The number of phenols is 1. The summed E-state index contributed by atoms with van der Waals surface area (Å²) < 4.78 is 2.00. The largest absolute Gasteiger partial charge is 0.508 e. The molecule has 0 bridgehead atoms. The summed E-state index contributed by atoms with van der Waals surface area (Å²) in [5, 5.41) is 17.1. The molecule has 0 fully saturated rings. The van der Waals surface area contributed by atoms with Crippen LogP contribution in [0.2, 0.25) is 0 Å². The van der Waals surface area contributed by atoms with Gasteiger partial charge in [0.05, 0.1) is 12.7 Å². The van der Waals surface area contributed by atoms with E-state index in [9.17, 15) is 5.11 Å². The second-order valence-corrected chi connectivity index (χ2v) is 4.76. The first kappa shape index (κ1) is 13.6. The predicted octanol–water partition coefficient (Wildman–Crippen LogP) is 2.45. The van der Waals surface area contributed by atoms with E-state index >= 15 is 0 Å². The molecule has 0 saturated heterocycles. The van der Waals surface area contributed by atoms with E-state index < -0.39 is 0 Å². The van der Waals surface area contributed by atoms with Crippen molar-refractivity contribution in [2.45, 2.75) is 33.4 Å². The normalized spacial score (nSPS) is 10.8. The van der Waals surface area contributed by atoms with Gasteiger partial charge in [-0.05, 0) is 37.6 Å². The van der Waals surface area contributed by atoms with Gasteiger partial charge in [0.15, 0.2) is 0 Å². The fraction of sp³-hybridized carbons (Fsp3) is 0.400. The molecule has 2 N–H and O–H groups in total. The summed E-state index contributed by atoms with van der Waals surface area (Å²) >= 11 is 0. The third-order valence-electron chi connectivity index (χ3n) is 3.22. The molecule has 1 heterocycles. The Labute approximate surface area is 114 Å². The molecule has 0 radical (unpaired) electrons. The van der Waals surface area contributed by atoms with Crippen LogP contribution in [-0.2, 0) is 13.1 Å². The molecule has 102 valence electrons. The fourth-order valence-electron chi connectivity index (χ4n) is 1.99. The molecule has 2 aromatic rings. The molecular weight excluding hydrogens is 238 g/mol. The van der Waals surface area contributed by atoms with Crippen molar-refractivity contribution in [2.24, 2.45) is 0 Å². The van der Waals surface area contributed by atoms with Crippen molar-refractivity contribution in [1.82, 2.24) is 15.1 Å². The van der Waals surface area contributed by atoms with E-state index in [0.717, 1.165) is 31.6 Å². The maximum Gasteiger partial charge on any atom is 0.115 e. The van der Waals surface area contributed by atoms with Crippen LogP contribution in [0.15, 0.2) is 30.5 Å². The van der Waals surface area contributed by atoms with Gasteiger partial charge in [0.25, 0.3) is 0 Å². The van der Waals surface area contributed by atoms with Crippen molar-refractivity contribution in [3.8, 4) is 5.75 Å². The standard InChI is InChI=1S/C15H21N3O/c1-3-8-16-9-14-10-17-18(12(14)2)11-13-4-6-15(19)7-5-13/h4-7,10,16,19H,3,8-9,11H2,1-2H3. The van der Waals surface area contributed by atoms with Crippen LogP contribution in [0.4, 0.5) is 0 Å². The zero-order chi connectivity index (χ0) is 13.7. The summed E-state index contributed by atoms with van der Waals surface area (Å²) in [5.74, 6) is 0.297. The van der Waals surface area contributed by atoms with Crippen molar-refractivity contribution in [3.63, 3.8) is 0 Å². The van der Waals surface area contributed by atoms with Crippen LogP contribution in [0.1, 0.15) is 30.2 Å². The molecule has 4 heteroatoms. The van der Waals surface area contributed by atoms with Gasteiger partial charge in [0.1, 0.15) is 5.75 Å². The van der Waals surface area contributed by atoms with E-state index in [2.05, 4.69) is 24.3 Å². The highest BCUT2D eigenvalue weighted by molar-refractivity contribution is 5.26. The number of nitrogens with one attached hydrogen (secondary N) is 1. The monoisotopic (exact) mass is 259 g/mol. The second-order valence-electron chi connectivity index (χ2n) is 4.76. The van der Waals surface area contributed by atoms with Crippen molar-refractivity contribution < 1.29 is 5.11 Å². The molecule has 2 rings (SSSR count). The molecule has 1 aromatic carbocycles. The number of aromatic hydroxyl groups is 1. The first-order valence-corrected chi connectivity index (χ1v) is 6.70. The number of rotatable bonds is 6. The van der Waals surface area contributed by atoms with E-state index in [1.54, 1.807) is 12.1 Å². The molecule has 19 heavy (non-hydrogen) atoms. The first-order chi connectivity index (χ1) is 9.20. The van der Waals surface area contributed by atoms with Crippen LogP contribution in [0.3, 0.4) is 0 Å². The molecule has 0 aliphatic carbocycles. The average Bonchev–Trinajstić information content (AvgIpc) is 2.75. The minimum Gasteiger partial charge on any atom is -0.508 e. The zero-order valence-electron chi connectivity index (χ0n) is 11.6. The van der Waals surface area contributed by atoms with Crippen LogP contribution in [-0.4, -0.2) is 21.4 Å². The quantitative estimate of drug-likeness (QED) is 0.783. The Morgan fingerprint density at radius 3 is 2.68 bits per heavy atom. The molecule has 1 aromatic heterocycles. The van der Waals surface area contributed by atoms with E-state index in [-0.39, 0.29) is 0 Å². The second kappa shape index (κ2) is 6.38. The molecule has 0 aliphatic rings. The molecule has 4 nitrogen and oxygen atoms in total. The topological polar surface area (TPSA) is 50.1 Å². The minimum absolute atomic E-state index is 0.297. The molecule has 0 unspecified atom stereocenters. The molecule has 0 atom stereocenters. The van der Waals surface area contributed by atoms with Crippen LogP contribution < -0.4 is 5.32 Å². The van der Waals surface area contributed by atoms with E-state index in [4.69, 9.17) is 0 Å². The van der Waals surface area contributed by atoms with Gasteiger partial charge in [0.2, 0.25) is 0 Å². The van der Waals surface area contributed by atoms with Gasteiger partial charge in [-0.2, -0.15) is 5.10 Å². The average molecular weight is 259 g/mol. The number of nitrogens with zero attached hydrogens (tertiary/aromatic N) is 2. The lowest BCUT2D eigenvalue weighted by Gasteiger charge is -2.06. The summed E-state index contributed by atoms with van der Waals surface area (Å²) in [6, 6.07) is 7.26. The zero-order valence-corrected chi connectivity index (χ0v) is 11.6. The third kappa shape index (κ3) is 3.58. The van der Waals surface area contributed by atoms with E-state index in [0.29, 0.717) is 5.75 Å². The summed E-state index contributed by atoms with van der Waals surface area (Å²) in [5.41, 5.74) is 3.57. The van der Waals surface area contributed by atoms with Crippen LogP contribution in [0.25, 0.3) is 0 Å². The Kier molecular flexibility index (Phi) is 4.58. The number of hydrogen-bond donors (Lipinski definition) is 2. The molecule has 0 amide bonds. The fourth-order valence-corrected chi connectivity index (χ4v) is 1.99.